The second-order valence-electron chi connectivity index (χ2n) is 6.40. The van der Waals surface area contributed by atoms with E-state index in [0.29, 0.717) is 17.2 Å². The van der Waals surface area contributed by atoms with Gasteiger partial charge in [-0.15, -0.1) is 0 Å². The first-order chi connectivity index (χ1) is 14.0. The molecule has 0 saturated carbocycles. The van der Waals surface area contributed by atoms with Gasteiger partial charge >= 0.3 is 0 Å². The van der Waals surface area contributed by atoms with Gasteiger partial charge in [-0.2, -0.15) is 0 Å². The Labute approximate surface area is 171 Å². The Morgan fingerprint density at radius 1 is 0.793 bits per heavy atom. The summed E-state index contributed by atoms with van der Waals surface area (Å²) >= 11 is 0. The van der Waals surface area contributed by atoms with E-state index in [1.807, 2.05) is 30.3 Å². The molecule has 0 aliphatic heterocycles. The molecule has 0 aliphatic carbocycles. The Hall–Kier alpha value is -3.03. The largest absolute Gasteiger partial charge is 0.497 e. The number of ether oxygens (including phenoxy) is 3. The molecule has 0 saturated heterocycles. The lowest BCUT2D eigenvalue weighted by Gasteiger charge is -2.16. The number of sulfonamides is 1. The van der Waals surface area contributed by atoms with E-state index in [0.717, 1.165) is 5.75 Å². The van der Waals surface area contributed by atoms with Crippen molar-refractivity contribution in [3.8, 4) is 23.0 Å². The molecule has 3 aromatic rings. The van der Waals surface area contributed by atoms with Crippen LogP contribution < -0.4 is 18.9 Å². The summed E-state index contributed by atoms with van der Waals surface area (Å²) in [5.74, 6) is 2.61. The fraction of sp³-hybridized carbons (Fsp3) is 0.182. The van der Waals surface area contributed by atoms with Crippen molar-refractivity contribution < 1.29 is 22.6 Å². The van der Waals surface area contributed by atoms with E-state index in [2.05, 4.69) is 4.72 Å². The first kappa shape index (κ1) is 20.7. The molecule has 29 heavy (non-hydrogen) atoms. The van der Waals surface area contributed by atoms with E-state index >= 15 is 0 Å². The van der Waals surface area contributed by atoms with Crippen molar-refractivity contribution in [1.82, 2.24) is 4.72 Å². The minimum atomic E-state index is -3.67. The Balaban J connectivity index is 1.56. The lowest BCUT2D eigenvalue weighted by molar-refractivity contribution is 0.287. The first-order valence-electron chi connectivity index (χ1n) is 9.08. The van der Waals surface area contributed by atoms with Crippen LogP contribution >= 0.6 is 0 Å². The highest BCUT2D eigenvalue weighted by Gasteiger charge is 2.18. The van der Waals surface area contributed by atoms with Crippen LogP contribution in [0.3, 0.4) is 0 Å². The van der Waals surface area contributed by atoms with Gasteiger partial charge in [-0.05, 0) is 67.6 Å². The maximum absolute atomic E-state index is 12.6. The Morgan fingerprint density at radius 2 is 1.34 bits per heavy atom. The molecule has 1 atom stereocenters. The third-order valence-corrected chi connectivity index (χ3v) is 5.63. The fourth-order valence-electron chi connectivity index (χ4n) is 2.57. The summed E-state index contributed by atoms with van der Waals surface area (Å²) in [4.78, 5) is 0.161. The fourth-order valence-corrected chi connectivity index (χ4v) is 3.80. The highest BCUT2D eigenvalue weighted by Crippen LogP contribution is 2.23. The van der Waals surface area contributed by atoms with E-state index in [9.17, 15) is 8.42 Å². The average Bonchev–Trinajstić information content (AvgIpc) is 2.73. The summed E-state index contributed by atoms with van der Waals surface area (Å²) in [6, 6.07) is 22.3. The molecule has 7 heteroatoms. The van der Waals surface area contributed by atoms with E-state index in [-0.39, 0.29) is 11.5 Å². The van der Waals surface area contributed by atoms with Crippen LogP contribution in [-0.4, -0.2) is 28.2 Å². The Morgan fingerprint density at radius 3 is 1.97 bits per heavy atom. The summed E-state index contributed by atoms with van der Waals surface area (Å²) in [5, 5.41) is 0. The molecular weight excluding hydrogens is 390 g/mol. The molecule has 0 fully saturated rings. The zero-order chi connectivity index (χ0) is 20.7. The number of hydrogen-bond acceptors (Lipinski definition) is 5. The van der Waals surface area contributed by atoms with Crippen molar-refractivity contribution in [3.63, 3.8) is 0 Å². The number of hydrogen-bond donors (Lipinski definition) is 1. The standard InChI is InChI=1S/C22H23NO5S/c1-17(16-27-19-10-8-18(26-2)9-11-19)23-29(24,25)22-14-12-21(13-15-22)28-20-6-4-3-5-7-20/h3-15,17,23H,16H2,1-2H3. The molecule has 0 bridgehead atoms. The van der Waals surface area contributed by atoms with Crippen molar-refractivity contribution >= 4 is 10.0 Å². The molecule has 0 spiro atoms. The van der Waals surface area contributed by atoms with Crippen molar-refractivity contribution in [2.45, 2.75) is 17.9 Å². The van der Waals surface area contributed by atoms with E-state index in [1.165, 1.54) is 12.1 Å². The van der Waals surface area contributed by atoms with Gasteiger partial charge in [0.1, 0.15) is 29.6 Å². The SMILES string of the molecule is COc1ccc(OCC(C)NS(=O)(=O)c2ccc(Oc3ccccc3)cc2)cc1. The number of methoxy groups -OCH3 is 1. The second kappa shape index (κ2) is 9.45. The minimum absolute atomic E-state index is 0.161. The molecule has 3 rings (SSSR count). The van der Waals surface area contributed by atoms with Gasteiger partial charge in [-0.1, -0.05) is 18.2 Å². The maximum Gasteiger partial charge on any atom is 0.240 e. The zero-order valence-corrected chi connectivity index (χ0v) is 17.1. The van der Waals surface area contributed by atoms with E-state index in [4.69, 9.17) is 14.2 Å². The van der Waals surface area contributed by atoms with Crippen LogP contribution in [0.5, 0.6) is 23.0 Å². The highest BCUT2D eigenvalue weighted by molar-refractivity contribution is 7.89. The van der Waals surface area contributed by atoms with Crippen LogP contribution in [0.25, 0.3) is 0 Å². The summed E-state index contributed by atoms with van der Waals surface area (Å²) in [6.07, 6.45) is 0. The predicted octanol–water partition coefficient (Wildman–Crippen LogP) is 4.23. The third-order valence-electron chi connectivity index (χ3n) is 4.03. The molecule has 6 nitrogen and oxygen atoms in total. The number of rotatable bonds is 9. The van der Waals surface area contributed by atoms with Gasteiger partial charge in [0.15, 0.2) is 0 Å². The lowest BCUT2D eigenvalue weighted by Crippen LogP contribution is -2.36. The van der Waals surface area contributed by atoms with Gasteiger partial charge in [0.05, 0.1) is 18.0 Å². The quantitative estimate of drug-likeness (QED) is 0.568. The van der Waals surface area contributed by atoms with Gasteiger partial charge in [-0.3, -0.25) is 0 Å². The van der Waals surface area contributed by atoms with Crippen molar-refractivity contribution in [3.05, 3.63) is 78.9 Å². The summed E-state index contributed by atoms with van der Waals surface area (Å²) in [6.45, 7) is 1.94. The van der Waals surface area contributed by atoms with Gasteiger partial charge in [0.25, 0.3) is 0 Å². The molecule has 0 radical (unpaired) electrons. The smallest absolute Gasteiger partial charge is 0.240 e. The molecule has 1 N–H and O–H groups in total. The molecule has 0 amide bonds. The van der Waals surface area contributed by atoms with Crippen LogP contribution in [0, 0.1) is 0 Å². The van der Waals surface area contributed by atoms with Gasteiger partial charge < -0.3 is 14.2 Å². The molecule has 0 aliphatic rings. The molecule has 0 heterocycles. The average molecular weight is 413 g/mol. The van der Waals surface area contributed by atoms with Crippen LogP contribution in [0.15, 0.2) is 83.8 Å². The predicted molar refractivity (Wildman–Crippen MR) is 111 cm³/mol. The van der Waals surface area contributed by atoms with Crippen LogP contribution in [0.2, 0.25) is 0 Å². The Bertz CT molecular complexity index is 1000. The van der Waals surface area contributed by atoms with Crippen molar-refractivity contribution in [2.24, 2.45) is 0 Å². The Kier molecular flexibility index (Phi) is 6.74. The number of nitrogens with one attached hydrogen (secondary N) is 1. The second-order valence-corrected chi connectivity index (χ2v) is 8.11. The number of benzene rings is 3. The van der Waals surface area contributed by atoms with E-state index in [1.54, 1.807) is 50.4 Å². The lowest BCUT2D eigenvalue weighted by atomic mass is 10.3. The molecule has 0 aromatic heterocycles. The van der Waals surface area contributed by atoms with Gasteiger partial charge in [0, 0.05) is 0 Å². The number of para-hydroxylation sites is 1. The zero-order valence-electron chi connectivity index (χ0n) is 16.2. The van der Waals surface area contributed by atoms with Crippen molar-refractivity contribution in [2.75, 3.05) is 13.7 Å². The summed E-state index contributed by atoms with van der Waals surface area (Å²) in [5.41, 5.74) is 0. The van der Waals surface area contributed by atoms with Crippen LogP contribution in [0.1, 0.15) is 6.92 Å². The van der Waals surface area contributed by atoms with Crippen molar-refractivity contribution in [1.29, 1.82) is 0 Å². The first-order valence-corrected chi connectivity index (χ1v) is 10.6. The van der Waals surface area contributed by atoms with Gasteiger partial charge in [0.2, 0.25) is 10.0 Å². The monoisotopic (exact) mass is 413 g/mol. The van der Waals surface area contributed by atoms with Gasteiger partial charge in [-0.25, -0.2) is 13.1 Å². The molecule has 3 aromatic carbocycles. The maximum atomic E-state index is 12.6. The molecule has 1 unspecified atom stereocenters. The topological polar surface area (TPSA) is 73.9 Å². The molecular formula is C22H23NO5S. The van der Waals surface area contributed by atoms with Crippen LogP contribution in [0.4, 0.5) is 0 Å². The van der Waals surface area contributed by atoms with E-state index < -0.39 is 16.1 Å². The summed E-state index contributed by atoms with van der Waals surface area (Å²) < 4.78 is 44.2. The normalized spacial score (nSPS) is 12.2. The summed E-state index contributed by atoms with van der Waals surface area (Å²) in [7, 11) is -2.08. The molecule has 152 valence electrons. The third kappa shape index (κ3) is 5.97. The van der Waals surface area contributed by atoms with Crippen LogP contribution in [-0.2, 0) is 10.0 Å². The highest BCUT2D eigenvalue weighted by atomic mass is 32.2. The minimum Gasteiger partial charge on any atom is -0.497 e.